The van der Waals surface area contributed by atoms with Gasteiger partial charge in [-0.2, -0.15) is 0 Å². The lowest BCUT2D eigenvalue weighted by Crippen LogP contribution is -2.32. The number of hydrogen-bond acceptors (Lipinski definition) is 3. The molecule has 0 bridgehead atoms. The first-order valence-electron chi connectivity index (χ1n) is 8.49. The van der Waals surface area contributed by atoms with Crippen LogP contribution in [-0.4, -0.2) is 15.6 Å². The van der Waals surface area contributed by atoms with Gasteiger partial charge in [-0.1, -0.05) is 42.5 Å². The number of halogens is 1. The number of primary amides is 1. The van der Waals surface area contributed by atoms with Gasteiger partial charge in [-0.05, 0) is 36.1 Å². The number of carbonyl (C=O) groups is 1. The molecule has 3 aromatic rings. The van der Waals surface area contributed by atoms with E-state index in [0.29, 0.717) is 24.1 Å². The molecule has 2 aromatic carbocycles. The van der Waals surface area contributed by atoms with Crippen LogP contribution in [0.15, 0.2) is 65.5 Å². The van der Waals surface area contributed by atoms with Crippen molar-refractivity contribution in [2.24, 2.45) is 5.73 Å². The first-order chi connectivity index (χ1) is 13.0. The zero-order valence-corrected chi connectivity index (χ0v) is 14.6. The molecule has 3 N–H and O–H groups in total. The standard InChI is InChI=1S/C21H19FN2O3/c22-16-9-6-15(7-10-16)13-24-17(11-8-14-4-2-1-3-5-14)12-18(25)19(20(23)26)21(24)27/h1-7,9-10,12,25H,8,11,13H2,(H2,23,26). The van der Waals surface area contributed by atoms with Gasteiger partial charge in [0.15, 0.2) is 0 Å². The predicted octanol–water partition coefficient (Wildman–Crippen LogP) is 2.63. The summed E-state index contributed by atoms with van der Waals surface area (Å²) >= 11 is 0. The molecule has 0 saturated carbocycles. The van der Waals surface area contributed by atoms with Gasteiger partial charge < -0.3 is 15.4 Å². The molecule has 0 aliphatic carbocycles. The van der Waals surface area contributed by atoms with Gasteiger partial charge in [-0.25, -0.2) is 4.39 Å². The minimum Gasteiger partial charge on any atom is -0.507 e. The molecule has 0 aliphatic heterocycles. The van der Waals surface area contributed by atoms with Gasteiger partial charge in [0.05, 0.1) is 6.54 Å². The van der Waals surface area contributed by atoms with Crippen LogP contribution in [0.4, 0.5) is 4.39 Å². The summed E-state index contributed by atoms with van der Waals surface area (Å²) in [6.45, 7) is 0.143. The number of aromatic hydroxyl groups is 1. The monoisotopic (exact) mass is 366 g/mol. The zero-order chi connectivity index (χ0) is 19.4. The molecule has 0 aliphatic rings. The largest absolute Gasteiger partial charge is 0.507 e. The Morgan fingerprint density at radius 3 is 2.30 bits per heavy atom. The van der Waals surface area contributed by atoms with Crippen LogP contribution < -0.4 is 11.3 Å². The van der Waals surface area contributed by atoms with Crippen molar-refractivity contribution in [2.75, 3.05) is 0 Å². The quantitative estimate of drug-likeness (QED) is 0.703. The fraction of sp³-hybridized carbons (Fsp3) is 0.143. The minimum absolute atomic E-state index is 0.143. The molecule has 0 fully saturated rings. The number of rotatable bonds is 6. The highest BCUT2D eigenvalue weighted by Gasteiger charge is 2.19. The summed E-state index contributed by atoms with van der Waals surface area (Å²) in [5.41, 5.74) is 6.49. The molecule has 5 nitrogen and oxygen atoms in total. The molecule has 0 unspecified atom stereocenters. The first kappa shape index (κ1) is 18.4. The van der Waals surface area contributed by atoms with Crippen molar-refractivity contribution in [2.45, 2.75) is 19.4 Å². The maximum absolute atomic E-state index is 13.2. The highest BCUT2D eigenvalue weighted by atomic mass is 19.1. The van der Waals surface area contributed by atoms with Crippen LogP contribution in [-0.2, 0) is 19.4 Å². The fourth-order valence-electron chi connectivity index (χ4n) is 2.98. The van der Waals surface area contributed by atoms with Gasteiger partial charge in [0.2, 0.25) is 0 Å². The van der Waals surface area contributed by atoms with E-state index in [-0.39, 0.29) is 12.4 Å². The Balaban J connectivity index is 2.01. The summed E-state index contributed by atoms with van der Waals surface area (Å²) in [6, 6.07) is 16.9. The van der Waals surface area contributed by atoms with E-state index in [1.54, 1.807) is 12.1 Å². The second kappa shape index (κ2) is 7.86. The van der Waals surface area contributed by atoms with Crippen molar-refractivity contribution in [3.8, 4) is 5.75 Å². The Hall–Kier alpha value is -3.41. The van der Waals surface area contributed by atoms with E-state index in [1.807, 2.05) is 30.3 Å². The van der Waals surface area contributed by atoms with Gasteiger partial charge >= 0.3 is 0 Å². The van der Waals surface area contributed by atoms with Gasteiger partial charge in [-0.15, -0.1) is 0 Å². The smallest absolute Gasteiger partial charge is 0.267 e. The van der Waals surface area contributed by atoms with Crippen LogP contribution in [0.25, 0.3) is 0 Å². The Labute approximate surface area is 155 Å². The van der Waals surface area contributed by atoms with Crippen molar-refractivity contribution in [3.05, 3.63) is 99.2 Å². The molecule has 0 atom stereocenters. The van der Waals surface area contributed by atoms with E-state index in [1.165, 1.54) is 22.8 Å². The van der Waals surface area contributed by atoms with Crippen LogP contribution in [0.3, 0.4) is 0 Å². The van der Waals surface area contributed by atoms with E-state index in [2.05, 4.69) is 0 Å². The van der Waals surface area contributed by atoms with Crippen LogP contribution >= 0.6 is 0 Å². The predicted molar refractivity (Wildman–Crippen MR) is 100 cm³/mol. The lowest BCUT2D eigenvalue weighted by atomic mass is 10.1. The van der Waals surface area contributed by atoms with Crippen LogP contribution in [0.2, 0.25) is 0 Å². The summed E-state index contributed by atoms with van der Waals surface area (Å²) < 4.78 is 14.6. The maximum atomic E-state index is 13.2. The average molecular weight is 366 g/mol. The second-order valence-electron chi connectivity index (χ2n) is 6.26. The summed E-state index contributed by atoms with van der Waals surface area (Å²) in [5, 5.41) is 10.1. The summed E-state index contributed by atoms with van der Waals surface area (Å²) in [4.78, 5) is 24.3. The maximum Gasteiger partial charge on any atom is 0.267 e. The topological polar surface area (TPSA) is 85.3 Å². The number of nitrogens with two attached hydrogens (primary N) is 1. The molecular formula is C21H19FN2O3. The van der Waals surface area contributed by atoms with Crippen LogP contribution in [0.1, 0.15) is 27.2 Å². The summed E-state index contributed by atoms with van der Waals surface area (Å²) in [7, 11) is 0. The molecular weight excluding hydrogens is 347 g/mol. The summed E-state index contributed by atoms with van der Waals surface area (Å²) in [5.74, 6) is -1.79. The Kier molecular flexibility index (Phi) is 5.35. The third-order valence-electron chi connectivity index (χ3n) is 4.38. The van der Waals surface area contributed by atoms with Gasteiger partial charge in [0.1, 0.15) is 17.1 Å². The summed E-state index contributed by atoms with van der Waals surface area (Å²) in [6.07, 6.45) is 1.13. The number of aromatic nitrogens is 1. The number of hydrogen-bond donors (Lipinski definition) is 2. The third kappa shape index (κ3) is 4.23. The minimum atomic E-state index is -0.986. The van der Waals surface area contributed by atoms with E-state index in [0.717, 1.165) is 5.56 Å². The van der Waals surface area contributed by atoms with Gasteiger partial charge in [0.25, 0.3) is 11.5 Å². The lowest BCUT2D eigenvalue weighted by Gasteiger charge is -2.15. The van der Waals surface area contributed by atoms with Crippen molar-refractivity contribution in [1.29, 1.82) is 0 Å². The second-order valence-corrected chi connectivity index (χ2v) is 6.26. The number of pyridine rings is 1. The molecule has 0 radical (unpaired) electrons. The third-order valence-corrected chi connectivity index (χ3v) is 4.38. The average Bonchev–Trinajstić information content (AvgIpc) is 2.64. The van der Waals surface area contributed by atoms with E-state index >= 15 is 0 Å². The molecule has 1 aromatic heterocycles. The van der Waals surface area contributed by atoms with E-state index in [4.69, 9.17) is 5.73 Å². The molecule has 0 saturated heterocycles. The fourth-order valence-corrected chi connectivity index (χ4v) is 2.98. The van der Waals surface area contributed by atoms with Gasteiger partial charge in [0, 0.05) is 11.8 Å². The Morgan fingerprint density at radius 2 is 1.67 bits per heavy atom. The van der Waals surface area contributed by atoms with Crippen molar-refractivity contribution >= 4 is 5.91 Å². The lowest BCUT2D eigenvalue weighted by molar-refractivity contribution is 0.0995. The van der Waals surface area contributed by atoms with Gasteiger partial charge in [-0.3, -0.25) is 9.59 Å². The van der Waals surface area contributed by atoms with Crippen LogP contribution in [0, 0.1) is 5.82 Å². The highest BCUT2D eigenvalue weighted by Crippen LogP contribution is 2.18. The molecule has 138 valence electrons. The molecule has 1 amide bonds. The molecule has 27 heavy (non-hydrogen) atoms. The Morgan fingerprint density at radius 1 is 1.00 bits per heavy atom. The number of aryl methyl sites for hydroxylation is 2. The molecule has 3 rings (SSSR count). The molecule has 6 heteroatoms. The Bertz CT molecular complexity index is 1010. The normalized spacial score (nSPS) is 10.7. The zero-order valence-electron chi connectivity index (χ0n) is 14.6. The molecule has 1 heterocycles. The SMILES string of the molecule is NC(=O)c1c(O)cc(CCc2ccccc2)n(Cc2ccc(F)cc2)c1=O. The van der Waals surface area contributed by atoms with Crippen molar-refractivity contribution < 1.29 is 14.3 Å². The van der Waals surface area contributed by atoms with E-state index in [9.17, 15) is 19.1 Å². The molecule has 0 spiro atoms. The number of benzene rings is 2. The van der Waals surface area contributed by atoms with Crippen molar-refractivity contribution in [1.82, 2.24) is 4.57 Å². The number of amides is 1. The highest BCUT2D eigenvalue weighted by molar-refractivity contribution is 5.95. The van der Waals surface area contributed by atoms with Crippen LogP contribution in [0.5, 0.6) is 5.75 Å². The van der Waals surface area contributed by atoms with E-state index < -0.39 is 22.8 Å². The first-order valence-corrected chi connectivity index (χ1v) is 8.49. The number of nitrogens with zero attached hydrogens (tertiary/aromatic N) is 1. The number of carbonyl (C=O) groups excluding carboxylic acids is 1. The van der Waals surface area contributed by atoms with Crippen molar-refractivity contribution in [3.63, 3.8) is 0 Å².